The summed E-state index contributed by atoms with van der Waals surface area (Å²) in [7, 11) is 3.40. The third-order valence-corrected chi connectivity index (χ3v) is 9.06. The fourth-order valence-corrected chi connectivity index (χ4v) is 6.60. The van der Waals surface area contributed by atoms with Crippen LogP contribution in [0, 0.1) is 0 Å². The topological polar surface area (TPSA) is 54.0 Å². The van der Waals surface area contributed by atoms with Crippen LogP contribution in [0.15, 0.2) is 54.6 Å². The SMILES string of the molecule is COc1cc(NCCCc2ccc(CCN3CCCCCCC3)cc2)c(C2CCc3cc(O)ccc3C2)cc1OC. The van der Waals surface area contributed by atoms with E-state index in [0.29, 0.717) is 11.7 Å². The molecule has 1 aliphatic heterocycles. The third-order valence-electron chi connectivity index (χ3n) is 9.06. The normalized spacial score (nSPS) is 17.8. The molecule has 0 spiro atoms. The highest BCUT2D eigenvalue weighted by atomic mass is 16.5. The van der Waals surface area contributed by atoms with Gasteiger partial charge in [0.25, 0.3) is 0 Å². The van der Waals surface area contributed by atoms with Crippen molar-refractivity contribution in [3.8, 4) is 17.2 Å². The Hall–Kier alpha value is -3.18. The van der Waals surface area contributed by atoms with Crippen LogP contribution in [0.5, 0.6) is 17.2 Å². The zero-order chi connectivity index (χ0) is 28.4. The third kappa shape index (κ3) is 7.97. The average molecular weight is 557 g/mol. The first-order valence-electron chi connectivity index (χ1n) is 15.7. The van der Waals surface area contributed by atoms with Gasteiger partial charge in [0, 0.05) is 24.8 Å². The summed E-state index contributed by atoms with van der Waals surface area (Å²) in [6.45, 7) is 4.62. The molecule has 0 saturated carbocycles. The van der Waals surface area contributed by atoms with Crippen molar-refractivity contribution in [3.63, 3.8) is 0 Å². The van der Waals surface area contributed by atoms with Gasteiger partial charge in [0.15, 0.2) is 11.5 Å². The minimum absolute atomic E-state index is 0.355. The number of methoxy groups -OCH3 is 2. The van der Waals surface area contributed by atoms with Gasteiger partial charge in [-0.2, -0.15) is 0 Å². The molecule has 3 aromatic carbocycles. The zero-order valence-electron chi connectivity index (χ0n) is 25.1. The van der Waals surface area contributed by atoms with E-state index in [0.717, 1.165) is 62.3 Å². The van der Waals surface area contributed by atoms with Crippen LogP contribution in [0.3, 0.4) is 0 Å². The first kappa shape index (κ1) is 29.3. The molecule has 1 fully saturated rings. The Balaban J connectivity index is 1.16. The predicted octanol–water partition coefficient (Wildman–Crippen LogP) is 7.54. The van der Waals surface area contributed by atoms with E-state index in [1.807, 2.05) is 6.07 Å². The number of aryl methyl sites for hydroxylation is 2. The first-order chi connectivity index (χ1) is 20.1. The monoisotopic (exact) mass is 556 g/mol. The number of phenols is 1. The van der Waals surface area contributed by atoms with E-state index in [1.54, 1.807) is 20.3 Å². The number of fused-ring (bicyclic) bond motifs is 1. The summed E-state index contributed by atoms with van der Waals surface area (Å²) in [5.74, 6) is 2.27. The minimum Gasteiger partial charge on any atom is -0.508 e. The van der Waals surface area contributed by atoms with Gasteiger partial charge in [-0.05, 0) is 116 Å². The lowest BCUT2D eigenvalue weighted by molar-refractivity contribution is 0.250. The number of anilines is 1. The van der Waals surface area contributed by atoms with E-state index in [4.69, 9.17) is 9.47 Å². The number of nitrogens with one attached hydrogen (secondary N) is 1. The quantitative estimate of drug-likeness (QED) is 0.239. The van der Waals surface area contributed by atoms with Gasteiger partial charge >= 0.3 is 0 Å². The average Bonchev–Trinajstić information content (AvgIpc) is 2.98. The number of rotatable bonds is 11. The number of likely N-dealkylation sites (tertiary alicyclic amines) is 1. The Kier molecular flexibility index (Phi) is 10.5. The summed E-state index contributed by atoms with van der Waals surface area (Å²) in [5.41, 5.74) is 7.86. The number of hydrogen-bond donors (Lipinski definition) is 2. The van der Waals surface area contributed by atoms with Crippen LogP contribution < -0.4 is 14.8 Å². The maximum absolute atomic E-state index is 9.90. The fraction of sp³-hybridized carbons (Fsp3) is 0.500. The molecule has 220 valence electrons. The van der Waals surface area contributed by atoms with Gasteiger partial charge in [0.1, 0.15) is 5.75 Å². The molecular weight excluding hydrogens is 508 g/mol. The summed E-state index contributed by atoms with van der Waals surface area (Å²) in [5, 5.41) is 13.6. The molecule has 5 rings (SSSR count). The Bertz CT molecular complexity index is 1250. The van der Waals surface area contributed by atoms with Crippen LogP contribution in [-0.4, -0.2) is 50.4 Å². The van der Waals surface area contributed by atoms with Gasteiger partial charge in [0.2, 0.25) is 0 Å². The van der Waals surface area contributed by atoms with Crippen molar-refractivity contribution in [3.05, 3.63) is 82.4 Å². The second kappa shape index (κ2) is 14.6. The second-order valence-corrected chi connectivity index (χ2v) is 11.9. The van der Waals surface area contributed by atoms with E-state index in [-0.39, 0.29) is 0 Å². The standard InChI is InChI=1S/C36H48N2O3/c1-40-35-25-33(31-15-14-30-24-32(39)17-16-29(30)23-31)34(26-36(35)41-2)37-19-8-9-27-10-12-28(13-11-27)18-22-38-20-6-4-3-5-7-21-38/h10-13,16-17,24-26,31,37,39H,3-9,14-15,18-23H2,1-2H3. The predicted molar refractivity (Wildman–Crippen MR) is 169 cm³/mol. The molecular formula is C36H48N2O3. The largest absolute Gasteiger partial charge is 0.508 e. The lowest BCUT2D eigenvalue weighted by Gasteiger charge is -2.28. The van der Waals surface area contributed by atoms with Crippen LogP contribution in [0.25, 0.3) is 0 Å². The lowest BCUT2D eigenvalue weighted by Crippen LogP contribution is -2.29. The van der Waals surface area contributed by atoms with Crippen molar-refractivity contribution in [1.29, 1.82) is 0 Å². The first-order valence-corrected chi connectivity index (χ1v) is 15.7. The molecule has 0 amide bonds. The molecule has 41 heavy (non-hydrogen) atoms. The number of phenolic OH excluding ortho intramolecular Hbond substituents is 1. The van der Waals surface area contributed by atoms with E-state index >= 15 is 0 Å². The molecule has 1 atom stereocenters. The molecule has 5 heteroatoms. The number of aromatic hydroxyl groups is 1. The number of hydrogen-bond acceptors (Lipinski definition) is 5. The Labute approximate surface area is 246 Å². The molecule has 0 radical (unpaired) electrons. The molecule has 1 saturated heterocycles. The number of nitrogens with zero attached hydrogens (tertiary/aromatic N) is 1. The van der Waals surface area contributed by atoms with Crippen LogP contribution in [0.2, 0.25) is 0 Å². The summed E-state index contributed by atoms with van der Waals surface area (Å²) in [6.07, 6.45) is 13.2. The second-order valence-electron chi connectivity index (χ2n) is 11.9. The van der Waals surface area contributed by atoms with Crippen LogP contribution >= 0.6 is 0 Å². The molecule has 3 aromatic rings. The lowest BCUT2D eigenvalue weighted by atomic mass is 9.79. The summed E-state index contributed by atoms with van der Waals surface area (Å²) in [6, 6.07) is 19.4. The minimum atomic E-state index is 0.355. The van der Waals surface area contributed by atoms with E-state index in [9.17, 15) is 5.11 Å². The zero-order valence-corrected chi connectivity index (χ0v) is 25.1. The molecule has 5 nitrogen and oxygen atoms in total. The van der Waals surface area contributed by atoms with Crippen molar-refractivity contribution < 1.29 is 14.6 Å². The van der Waals surface area contributed by atoms with Crippen molar-refractivity contribution in [2.24, 2.45) is 0 Å². The van der Waals surface area contributed by atoms with Crippen LogP contribution in [0.1, 0.15) is 78.7 Å². The smallest absolute Gasteiger partial charge is 0.162 e. The summed E-state index contributed by atoms with van der Waals surface area (Å²) in [4.78, 5) is 2.66. The maximum Gasteiger partial charge on any atom is 0.162 e. The van der Waals surface area contributed by atoms with Crippen molar-refractivity contribution in [1.82, 2.24) is 4.90 Å². The van der Waals surface area contributed by atoms with Gasteiger partial charge in [-0.1, -0.05) is 49.6 Å². The molecule has 1 aliphatic carbocycles. The van der Waals surface area contributed by atoms with Gasteiger partial charge < -0.3 is 24.8 Å². The maximum atomic E-state index is 9.90. The summed E-state index contributed by atoms with van der Waals surface area (Å²) < 4.78 is 11.3. The van der Waals surface area contributed by atoms with Crippen LogP contribution in [-0.2, 0) is 25.7 Å². The molecule has 1 heterocycles. The Morgan fingerprint density at radius 2 is 1.49 bits per heavy atom. The van der Waals surface area contributed by atoms with E-state index < -0.39 is 0 Å². The molecule has 2 aliphatic rings. The van der Waals surface area contributed by atoms with Crippen molar-refractivity contribution >= 4 is 5.69 Å². The van der Waals surface area contributed by atoms with Gasteiger partial charge in [-0.25, -0.2) is 0 Å². The summed E-state index contributed by atoms with van der Waals surface area (Å²) >= 11 is 0. The molecule has 0 bridgehead atoms. The number of benzene rings is 3. The molecule has 0 aromatic heterocycles. The highest BCUT2D eigenvalue weighted by molar-refractivity contribution is 5.62. The van der Waals surface area contributed by atoms with Gasteiger partial charge in [0.05, 0.1) is 14.2 Å². The van der Waals surface area contributed by atoms with Gasteiger partial charge in [-0.3, -0.25) is 0 Å². The number of ether oxygens (including phenoxy) is 2. The van der Waals surface area contributed by atoms with Gasteiger partial charge in [-0.15, -0.1) is 0 Å². The Morgan fingerprint density at radius 1 is 0.805 bits per heavy atom. The van der Waals surface area contributed by atoms with E-state index in [2.05, 4.69) is 52.7 Å². The van der Waals surface area contributed by atoms with Crippen molar-refractivity contribution in [2.75, 3.05) is 45.7 Å². The highest BCUT2D eigenvalue weighted by Gasteiger charge is 2.24. The fourth-order valence-electron chi connectivity index (χ4n) is 6.60. The Morgan fingerprint density at radius 3 is 2.22 bits per heavy atom. The van der Waals surface area contributed by atoms with Crippen LogP contribution in [0.4, 0.5) is 5.69 Å². The van der Waals surface area contributed by atoms with E-state index in [1.165, 1.54) is 79.6 Å². The molecule has 1 unspecified atom stereocenters. The van der Waals surface area contributed by atoms with Crippen molar-refractivity contribution in [2.45, 2.75) is 76.5 Å². The molecule has 2 N–H and O–H groups in total. The highest BCUT2D eigenvalue weighted by Crippen LogP contribution is 2.42.